The van der Waals surface area contributed by atoms with E-state index >= 15 is 0 Å². The smallest absolute Gasteiger partial charge is 0.166 e. The Morgan fingerprint density at radius 2 is 2.03 bits per heavy atom. The lowest BCUT2D eigenvalue weighted by atomic mass is 10.0. The lowest BCUT2D eigenvalue weighted by Gasteiger charge is -2.19. The molecule has 0 radical (unpaired) electrons. The Balaban J connectivity index is 0.00000171. The highest BCUT2D eigenvalue weighted by molar-refractivity contribution is 5.84. The first-order valence-corrected chi connectivity index (χ1v) is 9.19. The topological polar surface area (TPSA) is 94.0 Å². The molecule has 0 fully saturated rings. The Morgan fingerprint density at radius 1 is 1.17 bits per heavy atom. The Kier molecular flexibility index (Phi) is 5.03. The van der Waals surface area contributed by atoms with E-state index in [1.54, 1.807) is 35.1 Å². The van der Waals surface area contributed by atoms with Gasteiger partial charge in [-0.25, -0.2) is 28.2 Å². The third-order valence-electron chi connectivity index (χ3n) is 4.59. The van der Waals surface area contributed by atoms with Crippen molar-refractivity contribution in [2.45, 2.75) is 25.8 Å². The van der Waals surface area contributed by atoms with Crippen LogP contribution in [-0.2, 0) is 0 Å². The van der Waals surface area contributed by atoms with Crippen LogP contribution in [0.5, 0.6) is 0 Å². The molecule has 0 spiro atoms. The summed E-state index contributed by atoms with van der Waals surface area (Å²) in [4.78, 5) is 12.9. The van der Waals surface area contributed by atoms with Crippen molar-refractivity contribution in [3.05, 3.63) is 66.3 Å². The standard InChI is InChI=1S/C20H19F2N7.3H2/c1-2-4-15(12-5-6-13(21)14(22)9-12)27-17-10-16(25-11-26-17)18-19(23)28-29-8-3-7-24-20(18)29;;;/h3,5-11,15H,2,4H2,1H3,(H2,23,28)(H,25,26,27);3*1H/t15-;;;/m0.../s1. The maximum atomic E-state index is 13.7. The second-order valence-corrected chi connectivity index (χ2v) is 6.60. The van der Waals surface area contributed by atoms with E-state index in [0.717, 1.165) is 12.5 Å². The van der Waals surface area contributed by atoms with Gasteiger partial charge in [0.15, 0.2) is 23.1 Å². The third kappa shape index (κ3) is 3.71. The molecular formula is C20H25F2N7. The van der Waals surface area contributed by atoms with Gasteiger partial charge in [0.2, 0.25) is 0 Å². The Bertz CT molecular complexity index is 1170. The lowest BCUT2D eigenvalue weighted by molar-refractivity contribution is 0.505. The minimum absolute atomic E-state index is 0. The molecule has 0 saturated carbocycles. The number of nitrogens with zero attached hydrogens (tertiary/aromatic N) is 5. The predicted molar refractivity (Wildman–Crippen MR) is 112 cm³/mol. The van der Waals surface area contributed by atoms with Gasteiger partial charge in [0.25, 0.3) is 0 Å². The van der Waals surface area contributed by atoms with Crippen LogP contribution in [0.25, 0.3) is 16.9 Å². The van der Waals surface area contributed by atoms with Crippen molar-refractivity contribution in [2.24, 2.45) is 0 Å². The summed E-state index contributed by atoms with van der Waals surface area (Å²) in [5.74, 6) is -0.907. The van der Waals surface area contributed by atoms with Gasteiger partial charge in [0, 0.05) is 22.7 Å². The van der Waals surface area contributed by atoms with Crippen molar-refractivity contribution in [1.82, 2.24) is 24.6 Å². The highest BCUT2D eigenvalue weighted by Gasteiger charge is 2.17. The number of halogens is 2. The highest BCUT2D eigenvalue weighted by Crippen LogP contribution is 2.30. The average molecular weight is 401 g/mol. The SMILES string of the molecule is CCC[C@H](Nc1cc(-c2c(N)nn3cccnc23)ncn1)c1ccc(F)c(F)c1.[HH].[HH].[HH]. The highest BCUT2D eigenvalue weighted by atomic mass is 19.2. The number of aromatic nitrogens is 5. The summed E-state index contributed by atoms with van der Waals surface area (Å²) in [5.41, 5.74) is 8.47. The van der Waals surface area contributed by atoms with Crippen LogP contribution < -0.4 is 11.1 Å². The van der Waals surface area contributed by atoms with Gasteiger partial charge < -0.3 is 11.1 Å². The number of hydrogen-bond acceptors (Lipinski definition) is 6. The van der Waals surface area contributed by atoms with Crippen molar-refractivity contribution in [1.29, 1.82) is 0 Å². The van der Waals surface area contributed by atoms with Gasteiger partial charge in [-0.3, -0.25) is 0 Å². The van der Waals surface area contributed by atoms with E-state index in [1.807, 2.05) is 6.92 Å². The van der Waals surface area contributed by atoms with Crippen LogP contribution in [0, 0.1) is 11.6 Å². The molecule has 3 heterocycles. The van der Waals surface area contributed by atoms with Gasteiger partial charge >= 0.3 is 0 Å². The molecule has 0 aliphatic rings. The van der Waals surface area contributed by atoms with Gasteiger partial charge in [-0.2, -0.15) is 0 Å². The van der Waals surface area contributed by atoms with E-state index in [1.165, 1.54) is 12.4 Å². The largest absolute Gasteiger partial charge is 0.382 e. The predicted octanol–water partition coefficient (Wildman–Crippen LogP) is 4.74. The van der Waals surface area contributed by atoms with Crippen molar-refractivity contribution >= 4 is 17.3 Å². The fraction of sp³-hybridized carbons (Fsp3) is 0.200. The molecule has 1 aromatic carbocycles. The van der Waals surface area contributed by atoms with Gasteiger partial charge in [-0.15, -0.1) is 5.10 Å². The van der Waals surface area contributed by atoms with Crippen molar-refractivity contribution in [3.63, 3.8) is 0 Å². The van der Waals surface area contributed by atoms with E-state index in [2.05, 4.69) is 25.4 Å². The fourth-order valence-corrected chi connectivity index (χ4v) is 3.24. The zero-order valence-electron chi connectivity index (χ0n) is 15.7. The second-order valence-electron chi connectivity index (χ2n) is 6.60. The van der Waals surface area contributed by atoms with Gasteiger partial charge in [0.1, 0.15) is 12.1 Å². The number of hydrogen-bond donors (Lipinski definition) is 2. The Hall–Kier alpha value is -3.62. The van der Waals surface area contributed by atoms with Crippen LogP contribution in [-0.4, -0.2) is 24.6 Å². The third-order valence-corrected chi connectivity index (χ3v) is 4.59. The number of nitrogens with one attached hydrogen (secondary N) is 1. The molecule has 154 valence electrons. The van der Waals surface area contributed by atoms with Crippen LogP contribution in [0.4, 0.5) is 20.4 Å². The van der Waals surface area contributed by atoms with Crippen molar-refractivity contribution in [2.75, 3.05) is 11.1 Å². The number of nitrogens with two attached hydrogens (primary N) is 1. The van der Waals surface area contributed by atoms with Crippen LogP contribution in [0.15, 0.2) is 49.1 Å². The monoisotopic (exact) mass is 401 g/mol. The van der Waals surface area contributed by atoms with Crippen LogP contribution >= 0.6 is 0 Å². The summed E-state index contributed by atoms with van der Waals surface area (Å²) in [6.45, 7) is 2.02. The summed E-state index contributed by atoms with van der Waals surface area (Å²) >= 11 is 0. The van der Waals surface area contributed by atoms with E-state index in [9.17, 15) is 8.78 Å². The molecule has 0 unspecified atom stereocenters. The molecule has 4 rings (SSSR count). The zero-order chi connectivity index (χ0) is 20.4. The number of rotatable bonds is 6. The molecule has 1 atom stereocenters. The van der Waals surface area contributed by atoms with Gasteiger partial charge in [-0.1, -0.05) is 19.4 Å². The fourth-order valence-electron chi connectivity index (χ4n) is 3.24. The summed E-state index contributed by atoms with van der Waals surface area (Å²) in [5, 5.41) is 7.53. The minimum atomic E-state index is -0.876. The molecule has 7 nitrogen and oxygen atoms in total. The Morgan fingerprint density at radius 3 is 2.83 bits per heavy atom. The quantitative estimate of drug-likeness (QED) is 0.485. The van der Waals surface area contributed by atoms with Crippen molar-refractivity contribution < 1.29 is 13.1 Å². The van der Waals surface area contributed by atoms with Gasteiger partial charge in [-0.05, 0) is 30.2 Å². The second kappa shape index (κ2) is 7.78. The summed E-state index contributed by atoms with van der Waals surface area (Å²) in [6.07, 6.45) is 6.38. The first-order chi connectivity index (χ1) is 14.1. The van der Waals surface area contributed by atoms with E-state index < -0.39 is 11.6 Å². The number of benzene rings is 1. The molecule has 3 N–H and O–H groups in total. The maximum absolute atomic E-state index is 13.7. The van der Waals surface area contributed by atoms with Crippen LogP contribution in [0.1, 0.15) is 35.7 Å². The minimum Gasteiger partial charge on any atom is -0.382 e. The molecule has 0 amide bonds. The normalized spacial score (nSPS) is 12.2. The first kappa shape index (κ1) is 18.7. The molecule has 29 heavy (non-hydrogen) atoms. The zero-order valence-corrected chi connectivity index (χ0v) is 15.7. The van der Waals surface area contributed by atoms with Crippen LogP contribution in [0.2, 0.25) is 0 Å². The average Bonchev–Trinajstić information content (AvgIpc) is 3.05. The lowest BCUT2D eigenvalue weighted by Crippen LogP contribution is -2.12. The van der Waals surface area contributed by atoms with Crippen LogP contribution in [0.3, 0.4) is 0 Å². The van der Waals surface area contributed by atoms with Gasteiger partial charge in [0.05, 0.1) is 17.3 Å². The van der Waals surface area contributed by atoms with Crippen molar-refractivity contribution in [3.8, 4) is 11.3 Å². The molecular weight excluding hydrogens is 376 g/mol. The number of fused-ring (bicyclic) bond motifs is 1. The van der Waals surface area contributed by atoms with E-state index in [4.69, 9.17) is 5.73 Å². The molecule has 4 aromatic rings. The molecule has 3 aromatic heterocycles. The van der Waals surface area contributed by atoms with E-state index in [0.29, 0.717) is 40.5 Å². The number of anilines is 2. The molecule has 0 bridgehead atoms. The maximum Gasteiger partial charge on any atom is 0.166 e. The molecule has 0 saturated heterocycles. The summed E-state index contributed by atoms with van der Waals surface area (Å²) in [6, 6.07) is 7.17. The number of nitrogen functional groups attached to an aromatic ring is 1. The van der Waals surface area contributed by atoms with E-state index in [-0.39, 0.29) is 10.3 Å². The first-order valence-electron chi connectivity index (χ1n) is 9.19. The molecule has 0 aliphatic heterocycles. The summed E-state index contributed by atoms with van der Waals surface area (Å²) in [7, 11) is 0. The summed E-state index contributed by atoms with van der Waals surface area (Å²) < 4.78 is 28.6. The molecule has 9 heteroatoms. The molecule has 0 aliphatic carbocycles. The Labute approximate surface area is 170 Å².